The molecule has 0 saturated heterocycles. The quantitative estimate of drug-likeness (QED) is 0.431. The Hall–Kier alpha value is -3.76. The van der Waals surface area contributed by atoms with Crippen molar-refractivity contribution in [3.8, 4) is 11.1 Å². The SMILES string of the molecule is COC(C)C(NC(=O)OCC1c2ccccc2-c2ccccc21)C(=O)Nc1snc(C)c1C(=O)O. The normalized spacial score (nSPS) is 13.9. The van der Waals surface area contributed by atoms with Gasteiger partial charge in [-0.3, -0.25) is 4.79 Å². The molecule has 2 unspecified atom stereocenters. The zero-order valence-electron chi connectivity index (χ0n) is 19.4. The van der Waals surface area contributed by atoms with Crippen LogP contribution in [0.4, 0.5) is 9.80 Å². The predicted molar refractivity (Wildman–Crippen MR) is 131 cm³/mol. The molecule has 9 nitrogen and oxygen atoms in total. The van der Waals surface area contributed by atoms with Crippen LogP contribution in [0.15, 0.2) is 48.5 Å². The molecule has 0 bridgehead atoms. The summed E-state index contributed by atoms with van der Waals surface area (Å²) >= 11 is 0.855. The fourth-order valence-corrected chi connectivity index (χ4v) is 4.99. The van der Waals surface area contributed by atoms with E-state index in [1.165, 1.54) is 7.11 Å². The molecule has 2 aromatic carbocycles. The van der Waals surface area contributed by atoms with E-state index in [1.54, 1.807) is 13.8 Å². The number of ether oxygens (including phenoxy) is 2. The molecule has 182 valence electrons. The van der Waals surface area contributed by atoms with Gasteiger partial charge >= 0.3 is 12.1 Å². The maximum absolute atomic E-state index is 12.9. The number of aromatic carboxylic acids is 1. The Morgan fingerprint density at radius 3 is 2.26 bits per heavy atom. The van der Waals surface area contributed by atoms with Gasteiger partial charge in [0.25, 0.3) is 0 Å². The van der Waals surface area contributed by atoms with Gasteiger partial charge in [-0.1, -0.05) is 48.5 Å². The highest BCUT2D eigenvalue weighted by molar-refractivity contribution is 7.11. The van der Waals surface area contributed by atoms with Crippen LogP contribution in [0.25, 0.3) is 11.1 Å². The Morgan fingerprint density at radius 1 is 1.09 bits per heavy atom. The number of nitrogens with one attached hydrogen (secondary N) is 2. The highest BCUT2D eigenvalue weighted by Crippen LogP contribution is 2.44. The molecular formula is C25H25N3O6S. The van der Waals surface area contributed by atoms with Crippen molar-refractivity contribution in [3.63, 3.8) is 0 Å². The smallest absolute Gasteiger partial charge is 0.407 e. The molecule has 1 heterocycles. The first kappa shape index (κ1) is 24.4. The van der Waals surface area contributed by atoms with E-state index in [9.17, 15) is 19.5 Å². The van der Waals surface area contributed by atoms with Crippen molar-refractivity contribution in [3.05, 3.63) is 70.9 Å². The van der Waals surface area contributed by atoms with Crippen LogP contribution in [0.1, 0.15) is 40.0 Å². The lowest BCUT2D eigenvalue weighted by Crippen LogP contribution is -2.51. The van der Waals surface area contributed by atoms with Crippen LogP contribution < -0.4 is 10.6 Å². The maximum atomic E-state index is 12.9. The van der Waals surface area contributed by atoms with Crippen LogP contribution >= 0.6 is 11.5 Å². The number of fused-ring (bicyclic) bond motifs is 3. The molecule has 3 N–H and O–H groups in total. The number of methoxy groups -OCH3 is 1. The van der Waals surface area contributed by atoms with Crippen molar-refractivity contribution >= 4 is 34.5 Å². The van der Waals surface area contributed by atoms with Crippen molar-refractivity contribution < 1.29 is 29.0 Å². The molecule has 0 radical (unpaired) electrons. The molecule has 0 fully saturated rings. The molecule has 0 aliphatic heterocycles. The maximum Gasteiger partial charge on any atom is 0.407 e. The number of alkyl carbamates (subject to hydrolysis) is 1. The van der Waals surface area contributed by atoms with Gasteiger partial charge in [-0.05, 0) is 47.6 Å². The molecule has 0 saturated carbocycles. The first-order valence-electron chi connectivity index (χ1n) is 11.0. The average Bonchev–Trinajstić information content (AvgIpc) is 3.38. The minimum Gasteiger partial charge on any atom is -0.478 e. The van der Waals surface area contributed by atoms with Crippen LogP contribution in [0.2, 0.25) is 0 Å². The first-order chi connectivity index (χ1) is 16.8. The Bertz CT molecular complexity index is 1230. The molecule has 10 heteroatoms. The number of carboxylic acids is 1. The summed E-state index contributed by atoms with van der Waals surface area (Å²) in [5, 5.41) is 14.6. The van der Waals surface area contributed by atoms with Gasteiger partial charge in [0.05, 0.1) is 11.8 Å². The van der Waals surface area contributed by atoms with E-state index in [0.717, 1.165) is 33.8 Å². The number of rotatable bonds is 8. The zero-order valence-corrected chi connectivity index (χ0v) is 20.2. The number of carbonyl (C=O) groups is 3. The lowest BCUT2D eigenvalue weighted by Gasteiger charge is -2.23. The van der Waals surface area contributed by atoms with Crippen LogP contribution in [0.3, 0.4) is 0 Å². The molecule has 2 amide bonds. The molecule has 1 aliphatic rings. The number of hydrogen-bond donors (Lipinski definition) is 3. The van der Waals surface area contributed by atoms with Crippen molar-refractivity contribution in [2.75, 3.05) is 19.0 Å². The van der Waals surface area contributed by atoms with Gasteiger partial charge in [0.1, 0.15) is 23.2 Å². The van der Waals surface area contributed by atoms with Gasteiger partial charge < -0.3 is 25.2 Å². The highest BCUT2D eigenvalue weighted by Gasteiger charge is 2.32. The van der Waals surface area contributed by atoms with Gasteiger partial charge in [0.15, 0.2) is 0 Å². The number of amides is 2. The molecule has 0 spiro atoms. The number of nitrogens with zero attached hydrogens (tertiary/aromatic N) is 1. The molecule has 4 rings (SSSR count). The number of aryl methyl sites for hydroxylation is 1. The second-order valence-electron chi connectivity index (χ2n) is 8.15. The summed E-state index contributed by atoms with van der Waals surface area (Å²) in [5.74, 6) is -1.97. The summed E-state index contributed by atoms with van der Waals surface area (Å²) < 4.78 is 14.8. The second kappa shape index (κ2) is 10.2. The number of carbonyl (C=O) groups excluding carboxylic acids is 2. The standard InChI is InChI=1S/C25H25N3O6S/c1-13-20(24(30)31)23(35-28-13)27-22(29)21(14(2)33-3)26-25(32)34-12-19-17-10-6-4-8-15(17)16-9-5-7-11-18(16)19/h4-11,14,19,21H,12H2,1-3H3,(H,26,32)(H,27,29)(H,30,31). The summed E-state index contributed by atoms with van der Waals surface area (Å²) in [4.78, 5) is 37.2. The molecule has 1 aliphatic carbocycles. The van der Waals surface area contributed by atoms with E-state index >= 15 is 0 Å². The average molecular weight is 496 g/mol. The molecular weight excluding hydrogens is 470 g/mol. The van der Waals surface area contributed by atoms with Crippen molar-refractivity contribution in [1.82, 2.24) is 9.69 Å². The lowest BCUT2D eigenvalue weighted by atomic mass is 9.98. The van der Waals surface area contributed by atoms with Crippen molar-refractivity contribution in [2.45, 2.75) is 31.9 Å². The monoisotopic (exact) mass is 495 g/mol. The summed E-state index contributed by atoms with van der Waals surface area (Å²) in [5.41, 5.74) is 4.56. The number of carboxylic acid groups (broad SMARTS) is 1. The van der Waals surface area contributed by atoms with Gasteiger partial charge in [-0.25, -0.2) is 9.59 Å². The molecule has 1 aromatic heterocycles. The fraction of sp³-hybridized carbons (Fsp3) is 0.280. The number of anilines is 1. The summed E-state index contributed by atoms with van der Waals surface area (Å²) in [6.45, 7) is 3.25. The van der Waals surface area contributed by atoms with E-state index < -0.39 is 30.1 Å². The Labute approximate surface area is 206 Å². The summed E-state index contributed by atoms with van der Waals surface area (Å²) in [7, 11) is 1.41. The van der Waals surface area contributed by atoms with Gasteiger partial charge in [0.2, 0.25) is 5.91 Å². The minimum atomic E-state index is -1.20. The minimum absolute atomic E-state index is 0.0858. The summed E-state index contributed by atoms with van der Waals surface area (Å²) in [6, 6.07) is 14.8. The van der Waals surface area contributed by atoms with E-state index in [-0.39, 0.29) is 23.1 Å². The van der Waals surface area contributed by atoms with E-state index in [0.29, 0.717) is 5.69 Å². The van der Waals surface area contributed by atoms with Gasteiger partial charge in [0, 0.05) is 13.0 Å². The van der Waals surface area contributed by atoms with Crippen molar-refractivity contribution in [2.24, 2.45) is 0 Å². The molecule has 35 heavy (non-hydrogen) atoms. The fourth-order valence-electron chi connectivity index (χ4n) is 4.20. The number of hydrogen-bond acceptors (Lipinski definition) is 7. The summed E-state index contributed by atoms with van der Waals surface area (Å²) in [6.07, 6.45) is -1.49. The van der Waals surface area contributed by atoms with Gasteiger partial charge in [-0.15, -0.1) is 0 Å². The van der Waals surface area contributed by atoms with E-state index in [2.05, 4.69) is 15.0 Å². The third kappa shape index (κ3) is 4.89. The van der Waals surface area contributed by atoms with E-state index in [4.69, 9.17) is 9.47 Å². The Morgan fingerprint density at radius 2 is 1.69 bits per heavy atom. The Balaban J connectivity index is 1.45. The first-order valence-corrected chi connectivity index (χ1v) is 11.7. The largest absolute Gasteiger partial charge is 0.478 e. The van der Waals surface area contributed by atoms with Crippen LogP contribution in [-0.4, -0.2) is 53.3 Å². The zero-order chi connectivity index (χ0) is 25.1. The van der Waals surface area contributed by atoms with E-state index in [1.807, 2.05) is 48.5 Å². The Kier molecular flexibility index (Phi) is 7.13. The van der Waals surface area contributed by atoms with Crippen LogP contribution in [0.5, 0.6) is 0 Å². The second-order valence-corrected chi connectivity index (χ2v) is 8.93. The highest BCUT2D eigenvalue weighted by atomic mass is 32.1. The van der Waals surface area contributed by atoms with Crippen LogP contribution in [-0.2, 0) is 14.3 Å². The lowest BCUT2D eigenvalue weighted by molar-refractivity contribution is -0.120. The molecule has 2 atom stereocenters. The third-order valence-electron chi connectivity index (χ3n) is 6.05. The van der Waals surface area contributed by atoms with Crippen LogP contribution in [0, 0.1) is 6.92 Å². The third-order valence-corrected chi connectivity index (χ3v) is 6.91. The van der Waals surface area contributed by atoms with Gasteiger partial charge in [-0.2, -0.15) is 4.37 Å². The predicted octanol–water partition coefficient (Wildman–Crippen LogP) is 4.03. The topological polar surface area (TPSA) is 127 Å². The number of aromatic nitrogens is 1. The number of benzene rings is 2. The molecule has 3 aromatic rings. The van der Waals surface area contributed by atoms with Crippen molar-refractivity contribution in [1.29, 1.82) is 0 Å².